The Bertz CT molecular complexity index is 1500. The summed E-state index contributed by atoms with van der Waals surface area (Å²) in [5.41, 5.74) is 4.61. The van der Waals surface area contributed by atoms with Gasteiger partial charge in [-0.2, -0.15) is 0 Å². The molecule has 6 rings (SSSR count). The van der Waals surface area contributed by atoms with Gasteiger partial charge in [-0.1, -0.05) is 47.5 Å². The number of hydrogen-bond donors (Lipinski definition) is 2. The Morgan fingerprint density at radius 1 is 0.976 bits per heavy atom. The molecule has 0 bridgehead atoms. The predicted molar refractivity (Wildman–Crippen MR) is 159 cm³/mol. The number of piperidine rings is 2. The van der Waals surface area contributed by atoms with E-state index in [0.29, 0.717) is 41.0 Å². The molecule has 0 spiro atoms. The smallest absolute Gasteiger partial charge is 0.255 e. The molecule has 1 atom stereocenters. The molecule has 4 heterocycles. The van der Waals surface area contributed by atoms with Gasteiger partial charge in [0.05, 0.1) is 5.02 Å². The molecule has 0 radical (unpaired) electrons. The topological polar surface area (TPSA) is 94.6 Å². The van der Waals surface area contributed by atoms with Crippen molar-refractivity contribution in [1.29, 1.82) is 0 Å². The third kappa shape index (κ3) is 5.96. The maximum absolute atomic E-state index is 12.9. The van der Waals surface area contributed by atoms with Crippen LogP contribution in [0.5, 0.6) is 0 Å². The Balaban J connectivity index is 0.989. The second-order valence-electron chi connectivity index (χ2n) is 11.0. The summed E-state index contributed by atoms with van der Waals surface area (Å²) in [7, 11) is 0. The summed E-state index contributed by atoms with van der Waals surface area (Å²) in [5, 5.41) is 7.26. The number of aromatic nitrogens is 1. The van der Waals surface area contributed by atoms with Crippen molar-refractivity contribution in [1.82, 2.24) is 20.5 Å². The predicted octanol–water partition coefficient (Wildman–Crippen LogP) is 4.82. The van der Waals surface area contributed by atoms with Gasteiger partial charge in [0.15, 0.2) is 0 Å². The molecule has 0 saturated carbocycles. The first kappa shape index (κ1) is 27.7. The van der Waals surface area contributed by atoms with E-state index in [0.717, 1.165) is 60.5 Å². The Hall–Kier alpha value is -3.46. The van der Waals surface area contributed by atoms with Crippen molar-refractivity contribution in [3.63, 3.8) is 0 Å². The van der Waals surface area contributed by atoms with Crippen LogP contribution in [0.2, 0.25) is 10.0 Å². The van der Waals surface area contributed by atoms with Gasteiger partial charge in [0, 0.05) is 54.9 Å². The van der Waals surface area contributed by atoms with Gasteiger partial charge in [-0.05, 0) is 72.7 Å². The maximum Gasteiger partial charge on any atom is 0.255 e. The number of fused-ring (bicyclic) bond motifs is 1. The van der Waals surface area contributed by atoms with Gasteiger partial charge in [0.2, 0.25) is 11.8 Å². The molecule has 41 heavy (non-hydrogen) atoms. The Labute approximate surface area is 249 Å². The summed E-state index contributed by atoms with van der Waals surface area (Å²) < 4.78 is 0. The third-order valence-corrected chi connectivity index (χ3v) is 8.76. The summed E-state index contributed by atoms with van der Waals surface area (Å²) >= 11 is 12.8. The zero-order valence-electron chi connectivity index (χ0n) is 22.5. The van der Waals surface area contributed by atoms with Crippen molar-refractivity contribution in [2.24, 2.45) is 5.92 Å². The van der Waals surface area contributed by atoms with Gasteiger partial charge in [-0.25, -0.2) is 4.98 Å². The largest absolute Gasteiger partial charge is 0.355 e. The number of carbonyl (C=O) groups is 3. The molecule has 2 N–H and O–H groups in total. The molecule has 3 amide bonds. The summed E-state index contributed by atoms with van der Waals surface area (Å²) in [4.78, 5) is 45.2. The lowest BCUT2D eigenvalue weighted by atomic mass is 9.96. The second kappa shape index (κ2) is 11.8. The molecule has 2 aromatic carbocycles. The van der Waals surface area contributed by atoms with E-state index in [1.54, 1.807) is 4.90 Å². The normalized spacial score (nSPS) is 19.5. The number of pyridine rings is 1. The standard InChI is InChI=1S/C31H31Cl2N5O3/c32-24-3-1-2-21(13-24)22-14-26(33)29(35-17-22)37-10-8-19(9-11-37)15-34-16-20-4-5-25-23(12-20)18-38(31(25)41)27-6-7-28(39)36-30(27)40/h1-5,12-14,17,19,27,34H,6-11,15-16,18H2,(H,36,39,40). The molecule has 2 fully saturated rings. The van der Waals surface area contributed by atoms with Crippen molar-refractivity contribution >= 4 is 46.7 Å². The van der Waals surface area contributed by atoms with Gasteiger partial charge in [0.25, 0.3) is 5.91 Å². The zero-order valence-corrected chi connectivity index (χ0v) is 24.0. The summed E-state index contributed by atoms with van der Waals surface area (Å²) in [6.07, 6.45) is 4.56. The molecular formula is C31H31Cl2N5O3. The van der Waals surface area contributed by atoms with E-state index in [1.807, 2.05) is 48.7 Å². The van der Waals surface area contributed by atoms with Crippen molar-refractivity contribution < 1.29 is 14.4 Å². The Kier molecular flexibility index (Phi) is 7.97. The van der Waals surface area contributed by atoms with Gasteiger partial charge in [-0.3, -0.25) is 19.7 Å². The number of nitrogens with zero attached hydrogens (tertiary/aromatic N) is 3. The van der Waals surface area contributed by atoms with Crippen molar-refractivity contribution in [2.45, 2.75) is 44.8 Å². The van der Waals surface area contributed by atoms with Crippen LogP contribution in [0.4, 0.5) is 5.82 Å². The number of benzene rings is 2. The summed E-state index contributed by atoms with van der Waals surface area (Å²) in [5.74, 6) is 0.564. The lowest BCUT2D eigenvalue weighted by Gasteiger charge is -2.33. The van der Waals surface area contributed by atoms with Crippen LogP contribution in [0.3, 0.4) is 0 Å². The Morgan fingerprint density at radius 3 is 2.56 bits per heavy atom. The average Bonchev–Trinajstić information content (AvgIpc) is 3.28. The molecule has 3 aromatic rings. The fraction of sp³-hybridized carbons (Fsp3) is 0.355. The van der Waals surface area contributed by atoms with E-state index < -0.39 is 6.04 Å². The van der Waals surface area contributed by atoms with Crippen LogP contribution in [-0.4, -0.2) is 53.3 Å². The number of imide groups is 1. The molecule has 8 nitrogen and oxygen atoms in total. The highest BCUT2D eigenvalue weighted by Gasteiger charge is 2.39. The van der Waals surface area contributed by atoms with E-state index in [4.69, 9.17) is 23.2 Å². The van der Waals surface area contributed by atoms with Crippen LogP contribution < -0.4 is 15.5 Å². The van der Waals surface area contributed by atoms with E-state index in [-0.39, 0.29) is 24.1 Å². The van der Waals surface area contributed by atoms with Gasteiger partial charge < -0.3 is 15.1 Å². The van der Waals surface area contributed by atoms with Crippen LogP contribution in [0.25, 0.3) is 11.1 Å². The number of amides is 3. The quantitative estimate of drug-likeness (QED) is 0.382. The highest BCUT2D eigenvalue weighted by atomic mass is 35.5. The molecule has 212 valence electrons. The number of carbonyl (C=O) groups excluding carboxylic acids is 3. The fourth-order valence-corrected chi connectivity index (χ4v) is 6.47. The number of anilines is 1. The van der Waals surface area contributed by atoms with Crippen LogP contribution in [0, 0.1) is 5.92 Å². The summed E-state index contributed by atoms with van der Waals surface area (Å²) in [6.45, 7) is 3.79. The first-order chi connectivity index (χ1) is 19.9. The number of nitrogens with one attached hydrogen (secondary N) is 2. The van der Waals surface area contributed by atoms with E-state index in [1.165, 1.54) is 0 Å². The van der Waals surface area contributed by atoms with Crippen LogP contribution >= 0.6 is 23.2 Å². The van der Waals surface area contributed by atoms with Crippen LogP contribution in [0.15, 0.2) is 54.7 Å². The minimum Gasteiger partial charge on any atom is -0.355 e. The second-order valence-corrected chi connectivity index (χ2v) is 11.8. The van der Waals surface area contributed by atoms with E-state index >= 15 is 0 Å². The molecular weight excluding hydrogens is 561 g/mol. The SMILES string of the molecule is O=C1CCC(N2Cc3cc(CNCC4CCN(c5ncc(-c6cccc(Cl)c6)cc5Cl)CC4)ccc3C2=O)C(=O)N1. The number of halogens is 2. The molecule has 2 saturated heterocycles. The van der Waals surface area contributed by atoms with Crippen LogP contribution in [0.1, 0.15) is 47.2 Å². The lowest BCUT2D eigenvalue weighted by molar-refractivity contribution is -0.136. The van der Waals surface area contributed by atoms with Crippen molar-refractivity contribution in [3.8, 4) is 11.1 Å². The molecule has 10 heteroatoms. The van der Waals surface area contributed by atoms with Crippen molar-refractivity contribution in [2.75, 3.05) is 24.5 Å². The first-order valence-corrected chi connectivity index (χ1v) is 14.7. The third-order valence-electron chi connectivity index (χ3n) is 8.24. The molecule has 0 aliphatic carbocycles. The monoisotopic (exact) mass is 591 g/mol. The van der Waals surface area contributed by atoms with Crippen LogP contribution in [-0.2, 0) is 22.7 Å². The van der Waals surface area contributed by atoms with Gasteiger partial charge in [0.1, 0.15) is 11.9 Å². The van der Waals surface area contributed by atoms with Gasteiger partial charge in [-0.15, -0.1) is 0 Å². The fourth-order valence-electron chi connectivity index (χ4n) is 6.00. The van der Waals surface area contributed by atoms with Crippen molar-refractivity contribution in [3.05, 3.63) is 81.5 Å². The lowest BCUT2D eigenvalue weighted by Crippen LogP contribution is -2.52. The first-order valence-electron chi connectivity index (χ1n) is 14.0. The van der Waals surface area contributed by atoms with Gasteiger partial charge >= 0.3 is 0 Å². The van der Waals surface area contributed by atoms with E-state index in [2.05, 4.69) is 26.6 Å². The highest BCUT2D eigenvalue weighted by molar-refractivity contribution is 6.33. The van der Waals surface area contributed by atoms with E-state index in [9.17, 15) is 14.4 Å². The molecule has 3 aliphatic heterocycles. The number of hydrogen-bond acceptors (Lipinski definition) is 6. The average molecular weight is 593 g/mol. The zero-order chi connectivity index (χ0) is 28.5. The Morgan fingerprint density at radius 2 is 1.80 bits per heavy atom. The molecule has 1 unspecified atom stereocenters. The molecule has 3 aliphatic rings. The highest BCUT2D eigenvalue weighted by Crippen LogP contribution is 2.32. The minimum atomic E-state index is -0.592. The maximum atomic E-state index is 12.9. The summed E-state index contributed by atoms with van der Waals surface area (Å²) in [6, 6.07) is 14.9. The minimum absolute atomic E-state index is 0.144. The molecule has 1 aromatic heterocycles. The number of rotatable bonds is 7.